The number of sulfone groups is 1. The smallest absolute Gasteiger partial charge is 0.239 e. The molecule has 1 atom stereocenters. The molecule has 3 aromatic rings. The Morgan fingerprint density at radius 1 is 1.21 bits per heavy atom. The number of imidazole rings is 1. The Morgan fingerprint density at radius 2 is 2.03 bits per heavy atom. The molecule has 33 heavy (non-hydrogen) atoms. The van der Waals surface area contributed by atoms with Crippen LogP contribution >= 0.6 is 11.6 Å². The molecule has 4 heterocycles. The highest BCUT2D eigenvalue weighted by Gasteiger charge is 2.58. The summed E-state index contributed by atoms with van der Waals surface area (Å²) in [6, 6.07) is 5.41. The van der Waals surface area contributed by atoms with Gasteiger partial charge in [0.2, 0.25) is 11.9 Å². The molecule has 0 amide bonds. The van der Waals surface area contributed by atoms with Crippen LogP contribution in [0, 0.1) is 0 Å². The Kier molecular flexibility index (Phi) is 4.56. The van der Waals surface area contributed by atoms with E-state index in [9.17, 15) is 8.42 Å². The summed E-state index contributed by atoms with van der Waals surface area (Å²) in [5, 5.41) is 3.66. The second kappa shape index (κ2) is 7.18. The molecule has 0 bridgehead atoms. The lowest BCUT2D eigenvalue weighted by Crippen LogP contribution is -2.52. The first kappa shape index (κ1) is 20.9. The van der Waals surface area contributed by atoms with Crippen molar-refractivity contribution >= 4 is 44.2 Å². The topological polar surface area (TPSA) is 111 Å². The molecule has 1 saturated carbocycles. The van der Waals surface area contributed by atoms with E-state index < -0.39 is 14.6 Å². The minimum Gasteiger partial charge on any atom is -0.486 e. The van der Waals surface area contributed by atoms with Crippen molar-refractivity contribution in [1.29, 1.82) is 0 Å². The SMILES string of the molecule is CNc1nc2cc(Cl)ccc2n1-c1nc2c(c(C3(S(C)(=O)=O)CC3)n1)OC[C@@H]1COCCN21. The first-order valence-corrected chi connectivity index (χ1v) is 13.0. The maximum atomic E-state index is 12.9. The molecule has 0 unspecified atom stereocenters. The highest BCUT2D eigenvalue weighted by atomic mass is 35.5. The van der Waals surface area contributed by atoms with E-state index in [1.54, 1.807) is 23.7 Å². The lowest BCUT2D eigenvalue weighted by Gasteiger charge is -2.41. The van der Waals surface area contributed by atoms with Gasteiger partial charge in [-0.1, -0.05) is 11.6 Å². The van der Waals surface area contributed by atoms with Gasteiger partial charge in [0.05, 0.1) is 30.3 Å². The number of morpholine rings is 1. The molecule has 12 heteroatoms. The minimum absolute atomic E-state index is 0.0114. The molecule has 6 rings (SSSR count). The molecule has 10 nitrogen and oxygen atoms in total. The van der Waals surface area contributed by atoms with Gasteiger partial charge in [-0.2, -0.15) is 4.98 Å². The third-order valence-electron chi connectivity index (χ3n) is 6.64. The van der Waals surface area contributed by atoms with Gasteiger partial charge in [-0.3, -0.25) is 0 Å². The fourth-order valence-corrected chi connectivity index (χ4v) is 6.23. The number of fused-ring (bicyclic) bond motifs is 4. The van der Waals surface area contributed by atoms with Crippen molar-refractivity contribution in [3.8, 4) is 11.7 Å². The first-order valence-electron chi connectivity index (χ1n) is 10.8. The molecule has 0 radical (unpaired) electrons. The number of nitrogens with one attached hydrogen (secondary N) is 1. The first-order chi connectivity index (χ1) is 15.8. The molecule has 2 aliphatic heterocycles. The predicted octanol–water partition coefficient (Wildman–Crippen LogP) is 2.14. The number of nitrogens with zero attached hydrogens (tertiary/aromatic N) is 5. The van der Waals surface area contributed by atoms with Crippen LogP contribution in [0.25, 0.3) is 17.0 Å². The van der Waals surface area contributed by atoms with Crippen LogP contribution in [0.5, 0.6) is 5.75 Å². The number of ether oxygens (including phenoxy) is 2. The number of benzene rings is 1. The van der Waals surface area contributed by atoms with Gasteiger partial charge >= 0.3 is 0 Å². The highest BCUT2D eigenvalue weighted by molar-refractivity contribution is 7.92. The van der Waals surface area contributed by atoms with E-state index in [1.807, 2.05) is 6.07 Å². The van der Waals surface area contributed by atoms with Crippen LogP contribution in [0.2, 0.25) is 5.02 Å². The molecule has 2 fully saturated rings. The summed E-state index contributed by atoms with van der Waals surface area (Å²) in [5.74, 6) is 1.92. The average molecular weight is 491 g/mol. The van der Waals surface area contributed by atoms with Gasteiger partial charge in [-0.05, 0) is 31.0 Å². The fraction of sp³-hybridized carbons (Fsp3) is 0.476. The van der Waals surface area contributed by atoms with Gasteiger partial charge in [0.25, 0.3) is 0 Å². The Hall–Kier alpha value is -2.63. The average Bonchev–Trinajstić information content (AvgIpc) is 3.54. The summed E-state index contributed by atoms with van der Waals surface area (Å²) >= 11 is 6.18. The lowest BCUT2D eigenvalue weighted by atomic mass is 10.1. The van der Waals surface area contributed by atoms with Crippen LogP contribution in [-0.2, 0) is 19.3 Å². The van der Waals surface area contributed by atoms with Crippen molar-refractivity contribution in [2.45, 2.75) is 23.6 Å². The van der Waals surface area contributed by atoms with Crippen LogP contribution in [0.4, 0.5) is 11.8 Å². The van der Waals surface area contributed by atoms with E-state index in [-0.39, 0.29) is 6.04 Å². The van der Waals surface area contributed by atoms with Gasteiger partial charge in [-0.25, -0.2) is 23.0 Å². The summed E-state index contributed by atoms with van der Waals surface area (Å²) < 4.78 is 38.2. The third kappa shape index (κ3) is 3.09. The zero-order valence-corrected chi connectivity index (χ0v) is 19.8. The number of hydrogen-bond acceptors (Lipinski definition) is 9. The van der Waals surface area contributed by atoms with E-state index in [0.29, 0.717) is 78.9 Å². The second-order valence-corrected chi connectivity index (χ2v) is 11.4. The van der Waals surface area contributed by atoms with Crippen molar-refractivity contribution in [3.63, 3.8) is 0 Å². The summed E-state index contributed by atoms with van der Waals surface area (Å²) in [6.07, 6.45) is 2.27. The Morgan fingerprint density at radius 3 is 2.76 bits per heavy atom. The second-order valence-electron chi connectivity index (χ2n) is 8.68. The molecule has 1 aliphatic carbocycles. The van der Waals surface area contributed by atoms with Crippen molar-refractivity contribution < 1.29 is 17.9 Å². The number of hydrogen-bond donors (Lipinski definition) is 1. The normalized spacial score (nSPS) is 21.3. The predicted molar refractivity (Wildman–Crippen MR) is 124 cm³/mol. The highest BCUT2D eigenvalue weighted by Crippen LogP contribution is 2.56. The number of anilines is 2. The Bertz CT molecular complexity index is 1390. The van der Waals surface area contributed by atoms with Crippen LogP contribution in [-0.4, -0.2) is 73.6 Å². The van der Waals surface area contributed by atoms with Gasteiger partial charge in [0.1, 0.15) is 17.0 Å². The van der Waals surface area contributed by atoms with E-state index in [0.717, 1.165) is 5.52 Å². The monoisotopic (exact) mass is 490 g/mol. The Labute approximate surface area is 195 Å². The van der Waals surface area contributed by atoms with Crippen LogP contribution in [0.1, 0.15) is 18.5 Å². The summed E-state index contributed by atoms with van der Waals surface area (Å²) in [4.78, 5) is 16.5. The lowest BCUT2D eigenvalue weighted by molar-refractivity contribution is 0.0692. The molecule has 3 aliphatic rings. The fourth-order valence-electron chi connectivity index (χ4n) is 4.74. The zero-order chi connectivity index (χ0) is 23.0. The zero-order valence-electron chi connectivity index (χ0n) is 18.2. The Balaban J connectivity index is 1.64. The summed E-state index contributed by atoms with van der Waals surface area (Å²) in [7, 11) is -1.67. The third-order valence-corrected chi connectivity index (χ3v) is 8.90. The van der Waals surface area contributed by atoms with Crippen LogP contribution < -0.4 is 15.0 Å². The number of rotatable bonds is 4. The number of halogens is 1. The molecular weight excluding hydrogens is 468 g/mol. The molecule has 0 spiro atoms. The maximum Gasteiger partial charge on any atom is 0.239 e. The molecule has 1 N–H and O–H groups in total. The standard InChI is InChI=1S/C21H23ClN6O4S/c1-23-19-24-14-9-12(22)3-4-15(14)28(19)20-25-17(21(5-6-21)33(2,29)30)16-18(26-20)27-7-8-31-10-13(27)11-32-16/h3-4,9,13H,5-8,10-11H2,1-2H3,(H,23,24)/t13-/m0/s1. The molecule has 1 aromatic carbocycles. The number of aromatic nitrogens is 4. The van der Waals surface area contributed by atoms with E-state index in [1.165, 1.54) is 6.26 Å². The van der Waals surface area contributed by atoms with Gasteiger partial charge in [-0.15, -0.1) is 0 Å². The minimum atomic E-state index is -3.43. The van der Waals surface area contributed by atoms with Gasteiger partial charge in [0.15, 0.2) is 21.4 Å². The van der Waals surface area contributed by atoms with E-state index in [2.05, 4.69) is 15.2 Å². The van der Waals surface area contributed by atoms with Crippen molar-refractivity contribution in [3.05, 3.63) is 28.9 Å². The van der Waals surface area contributed by atoms with Crippen molar-refractivity contribution in [2.24, 2.45) is 0 Å². The molecule has 1 saturated heterocycles. The van der Waals surface area contributed by atoms with E-state index in [4.69, 9.17) is 31.0 Å². The van der Waals surface area contributed by atoms with Crippen molar-refractivity contribution in [2.75, 3.05) is 49.9 Å². The maximum absolute atomic E-state index is 12.9. The van der Waals surface area contributed by atoms with Crippen LogP contribution in [0.3, 0.4) is 0 Å². The van der Waals surface area contributed by atoms with Gasteiger partial charge < -0.3 is 19.7 Å². The molecule has 174 valence electrons. The summed E-state index contributed by atoms with van der Waals surface area (Å²) in [6.45, 7) is 2.13. The van der Waals surface area contributed by atoms with E-state index >= 15 is 0 Å². The summed E-state index contributed by atoms with van der Waals surface area (Å²) in [5.41, 5.74) is 1.86. The van der Waals surface area contributed by atoms with Gasteiger partial charge in [0, 0.05) is 24.9 Å². The molecular formula is C21H23ClN6O4S. The van der Waals surface area contributed by atoms with Crippen LogP contribution in [0.15, 0.2) is 18.2 Å². The quantitative estimate of drug-likeness (QED) is 0.587. The molecule has 2 aromatic heterocycles. The van der Waals surface area contributed by atoms with Crippen molar-refractivity contribution in [1.82, 2.24) is 19.5 Å². The largest absolute Gasteiger partial charge is 0.486 e.